The fourth-order valence-electron chi connectivity index (χ4n) is 2.05. The summed E-state index contributed by atoms with van der Waals surface area (Å²) in [6, 6.07) is 1.36. The van der Waals surface area contributed by atoms with E-state index in [9.17, 15) is 14.4 Å². The first-order valence-corrected chi connectivity index (χ1v) is 6.78. The minimum absolute atomic E-state index is 0.0270. The third-order valence-electron chi connectivity index (χ3n) is 3.83. The Morgan fingerprint density at radius 2 is 2.14 bits per heavy atom. The van der Waals surface area contributed by atoms with Gasteiger partial charge < -0.3 is 10.1 Å². The van der Waals surface area contributed by atoms with Gasteiger partial charge in [0.25, 0.3) is 5.91 Å². The summed E-state index contributed by atoms with van der Waals surface area (Å²) in [6.45, 7) is 5.49. The maximum atomic E-state index is 12.2. The van der Waals surface area contributed by atoms with E-state index in [0.717, 1.165) is 0 Å². The zero-order chi connectivity index (χ0) is 16.5. The molecule has 1 atom stereocenters. The van der Waals surface area contributed by atoms with Crippen LogP contribution in [0.15, 0.2) is 17.3 Å². The number of amides is 1. The average Bonchev–Trinajstić information content (AvgIpc) is 2.82. The number of aliphatic imine (C=N–C) groups is 1. The lowest BCUT2D eigenvalue weighted by atomic mass is 9.89. The Labute approximate surface area is 127 Å². The summed E-state index contributed by atoms with van der Waals surface area (Å²) in [6.07, 6.45) is 1.89. The monoisotopic (exact) mass is 303 g/mol. The predicted molar refractivity (Wildman–Crippen MR) is 78.9 cm³/mol. The molecule has 2 heterocycles. The number of nitrogens with zero attached hydrogens (tertiary/aromatic N) is 2. The SMILES string of the molecule is COC(=O)c1cc(C=O)cnc1C1=NC(C)(C(C)C)C(=O)N1. The molecular weight excluding hydrogens is 286 g/mol. The number of esters is 1. The number of rotatable bonds is 4. The van der Waals surface area contributed by atoms with Gasteiger partial charge in [0.1, 0.15) is 11.2 Å². The minimum Gasteiger partial charge on any atom is -0.465 e. The lowest BCUT2D eigenvalue weighted by molar-refractivity contribution is -0.124. The minimum atomic E-state index is -0.923. The summed E-state index contributed by atoms with van der Waals surface area (Å²) in [4.78, 5) is 43.4. The molecule has 1 N–H and O–H groups in total. The zero-order valence-corrected chi connectivity index (χ0v) is 12.8. The predicted octanol–water partition coefficient (Wildman–Crippen LogP) is 0.972. The van der Waals surface area contributed by atoms with Gasteiger partial charge in [0.2, 0.25) is 0 Å². The van der Waals surface area contributed by atoms with Gasteiger partial charge in [-0.2, -0.15) is 0 Å². The Balaban J connectivity index is 2.56. The van der Waals surface area contributed by atoms with E-state index in [4.69, 9.17) is 4.74 Å². The first kappa shape index (κ1) is 15.8. The van der Waals surface area contributed by atoms with Crippen molar-refractivity contribution in [2.45, 2.75) is 26.3 Å². The summed E-state index contributed by atoms with van der Waals surface area (Å²) >= 11 is 0. The number of methoxy groups -OCH3 is 1. The summed E-state index contributed by atoms with van der Waals surface area (Å²) in [5.41, 5.74) is -0.414. The number of hydrogen-bond donors (Lipinski definition) is 1. The van der Waals surface area contributed by atoms with Crippen molar-refractivity contribution >= 4 is 24.0 Å². The summed E-state index contributed by atoms with van der Waals surface area (Å²) < 4.78 is 4.70. The normalized spacial score (nSPS) is 20.6. The lowest BCUT2D eigenvalue weighted by Gasteiger charge is -2.21. The van der Waals surface area contributed by atoms with Gasteiger partial charge in [0.05, 0.1) is 12.7 Å². The second-order valence-corrected chi connectivity index (χ2v) is 5.49. The highest BCUT2D eigenvalue weighted by Crippen LogP contribution is 2.27. The molecule has 0 bridgehead atoms. The van der Waals surface area contributed by atoms with E-state index in [1.54, 1.807) is 6.92 Å². The van der Waals surface area contributed by atoms with E-state index in [-0.39, 0.29) is 34.5 Å². The Morgan fingerprint density at radius 3 is 2.64 bits per heavy atom. The number of aldehydes is 1. The molecule has 0 fully saturated rings. The summed E-state index contributed by atoms with van der Waals surface area (Å²) in [5, 5.41) is 2.65. The highest BCUT2D eigenvalue weighted by Gasteiger charge is 2.43. The second kappa shape index (κ2) is 5.67. The smallest absolute Gasteiger partial charge is 0.340 e. The van der Waals surface area contributed by atoms with Crippen molar-refractivity contribution in [3.63, 3.8) is 0 Å². The van der Waals surface area contributed by atoms with Crippen molar-refractivity contribution in [2.75, 3.05) is 7.11 Å². The van der Waals surface area contributed by atoms with Crippen molar-refractivity contribution in [3.8, 4) is 0 Å². The van der Waals surface area contributed by atoms with Crippen molar-refractivity contribution in [1.29, 1.82) is 0 Å². The van der Waals surface area contributed by atoms with Gasteiger partial charge in [-0.1, -0.05) is 13.8 Å². The molecule has 22 heavy (non-hydrogen) atoms. The quantitative estimate of drug-likeness (QED) is 0.660. The van der Waals surface area contributed by atoms with E-state index >= 15 is 0 Å². The third kappa shape index (κ3) is 2.49. The van der Waals surface area contributed by atoms with Gasteiger partial charge in [0, 0.05) is 11.8 Å². The van der Waals surface area contributed by atoms with E-state index in [2.05, 4.69) is 15.3 Å². The van der Waals surface area contributed by atoms with Gasteiger partial charge in [-0.3, -0.25) is 14.6 Å². The number of carbonyl (C=O) groups excluding carboxylic acids is 3. The third-order valence-corrected chi connectivity index (χ3v) is 3.83. The molecule has 7 nitrogen and oxygen atoms in total. The molecule has 0 radical (unpaired) electrons. The molecule has 1 aromatic rings. The van der Waals surface area contributed by atoms with Crippen LogP contribution in [0.3, 0.4) is 0 Å². The fourth-order valence-corrected chi connectivity index (χ4v) is 2.05. The molecule has 0 aliphatic carbocycles. The van der Waals surface area contributed by atoms with Crippen LogP contribution in [-0.2, 0) is 9.53 Å². The van der Waals surface area contributed by atoms with Crippen LogP contribution in [0.25, 0.3) is 0 Å². The largest absolute Gasteiger partial charge is 0.465 e. The van der Waals surface area contributed by atoms with Gasteiger partial charge >= 0.3 is 5.97 Å². The molecule has 7 heteroatoms. The van der Waals surface area contributed by atoms with Crippen LogP contribution in [0.2, 0.25) is 0 Å². The fraction of sp³-hybridized carbons (Fsp3) is 0.400. The Morgan fingerprint density at radius 1 is 1.45 bits per heavy atom. The van der Waals surface area contributed by atoms with Crippen LogP contribution in [0.1, 0.15) is 47.2 Å². The van der Waals surface area contributed by atoms with Crippen LogP contribution < -0.4 is 5.32 Å². The molecule has 0 saturated heterocycles. The van der Waals surface area contributed by atoms with Gasteiger partial charge in [-0.25, -0.2) is 9.79 Å². The van der Waals surface area contributed by atoms with Crippen LogP contribution in [0.4, 0.5) is 0 Å². The number of hydrogen-bond acceptors (Lipinski definition) is 6. The molecule has 0 aromatic carbocycles. The summed E-state index contributed by atoms with van der Waals surface area (Å²) in [5.74, 6) is -0.726. The number of amidine groups is 1. The molecular formula is C15H17N3O4. The molecule has 0 saturated carbocycles. The van der Waals surface area contributed by atoms with E-state index < -0.39 is 11.5 Å². The lowest BCUT2D eigenvalue weighted by Crippen LogP contribution is -2.41. The van der Waals surface area contributed by atoms with E-state index in [1.807, 2.05) is 13.8 Å². The van der Waals surface area contributed by atoms with Gasteiger partial charge in [-0.15, -0.1) is 0 Å². The van der Waals surface area contributed by atoms with Gasteiger partial charge in [0.15, 0.2) is 12.1 Å². The Bertz CT molecular complexity index is 681. The highest BCUT2D eigenvalue weighted by atomic mass is 16.5. The van der Waals surface area contributed by atoms with Crippen molar-refractivity contribution < 1.29 is 19.1 Å². The number of ether oxygens (including phenoxy) is 1. The topological polar surface area (TPSA) is 97.7 Å². The molecule has 1 aromatic heterocycles. The molecule has 116 valence electrons. The Hall–Kier alpha value is -2.57. The maximum absolute atomic E-state index is 12.2. The first-order valence-electron chi connectivity index (χ1n) is 6.78. The summed E-state index contributed by atoms with van der Waals surface area (Å²) in [7, 11) is 1.23. The second-order valence-electron chi connectivity index (χ2n) is 5.49. The van der Waals surface area contributed by atoms with Crippen molar-refractivity contribution in [2.24, 2.45) is 10.9 Å². The number of carbonyl (C=O) groups is 3. The average molecular weight is 303 g/mol. The molecule has 0 spiro atoms. The molecule has 2 rings (SSSR count). The van der Waals surface area contributed by atoms with Crippen molar-refractivity contribution in [1.82, 2.24) is 10.3 Å². The van der Waals surface area contributed by atoms with Crippen LogP contribution >= 0.6 is 0 Å². The molecule has 1 aliphatic heterocycles. The highest BCUT2D eigenvalue weighted by molar-refractivity contribution is 6.17. The van der Waals surface area contributed by atoms with Crippen LogP contribution in [-0.4, -0.2) is 41.6 Å². The number of pyridine rings is 1. The number of nitrogens with one attached hydrogen (secondary N) is 1. The molecule has 1 aliphatic rings. The molecule has 1 amide bonds. The number of aromatic nitrogens is 1. The van der Waals surface area contributed by atoms with Crippen molar-refractivity contribution in [3.05, 3.63) is 29.1 Å². The van der Waals surface area contributed by atoms with Crippen LogP contribution in [0, 0.1) is 5.92 Å². The van der Waals surface area contributed by atoms with Crippen LogP contribution in [0.5, 0.6) is 0 Å². The van der Waals surface area contributed by atoms with Gasteiger partial charge in [-0.05, 0) is 18.9 Å². The first-order chi connectivity index (χ1) is 10.3. The molecule has 1 unspecified atom stereocenters. The zero-order valence-electron chi connectivity index (χ0n) is 12.8. The Kier molecular flexibility index (Phi) is 4.07. The maximum Gasteiger partial charge on any atom is 0.340 e. The van der Waals surface area contributed by atoms with E-state index in [1.165, 1.54) is 19.4 Å². The van der Waals surface area contributed by atoms with E-state index in [0.29, 0.717) is 6.29 Å². The standard InChI is InChI=1S/C15H17N3O4/c1-8(2)15(3)14(21)17-12(18-15)11-10(13(20)22-4)5-9(7-19)6-16-11/h5-8H,1-4H3,(H,17,18,21).